The summed E-state index contributed by atoms with van der Waals surface area (Å²) in [6, 6.07) is 23.8. The number of benzene rings is 3. The Morgan fingerprint density at radius 1 is 0.683 bits per heavy atom. The number of halogens is 1. The molecule has 0 saturated carbocycles. The number of rotatable bonds is 18. The molecule has 0 saturated heterocycles. The van der Waals surface area contributed by atoms with Gasteiger partial charge >= 0.3 is 199 Å². The summed E-state index contributed by atoms with van der Waals surface area (Å²) in [6.45, 7) is 4.91. The Morgan fingerprint density at radius 2 is 1.24 bits per heavy atom. The molecule has 0 aromatic heterocycles. The molecule has 3 aromatic rings. The normalized spacial score (nSPS) is 11.5. The van der Waals surface area contributed by atoms with Crippen molar-refractivity contribution in [3.8, 4) is 15.6 Å². The second kappa shape index (κ2) is 19.0. The van der Waals surface area contributed by atoms with E-state index in [0.717, 1.165) is 33.5 Å². The van der Waals surface area contributed by atoms with Gasteiger partial charge in [-0.05, 0) is 0 Å². The fourth-order valence-electron chi connectivity index (χ4n) is 4.33. The van der Waals surface area contributed by atoms with E-state index in [1.54, 1.807) is 24.3 Å². The van der Waals surface area contributed by atoms with Crippen LogP contribution in [0.3, 0.4) is 0 Å². The number of ether oxygens (including phenoxy) is 1. The van der Waals surface area contributed by atoms with Crippen LogP contribution in [0.1, 0.15) is 95.1 Å². The summed E-state index contributed by atoms with van der Waals surface area (Å²) in [6.07, 6.45) is 15.9. The molecule has 0 amide bonds. The Morgan fingerprint density at radius 3 is 1.83 bits per heavy atom. The SMILES string of the molecule is CCCCCCCCCCCCCCOc1ccc(C#CI(OS(=O)(=O)c2ccc(C)cc2)c2ccccc2)cc1. The van der Waals surface area contributed by atoms with Crippen molar-refractivity contribution in [1.82, 2.24) is 0 Å². The van der Waals surface area contributed by atoms with Crippen molar-refractivity contribution in [2.24, 2.45) is 0 Å². The van der Waals surface area contributed by atoms with E-state index in [4.69, 9.17) is 7.25 Å². The number of hydrogen-bond donors (Lipinski definition) is 0. The monoisotopic (exact) mass is 688 g/mol. The van der Waals surface area contributed by atoms with Crippen LogP contribution in [-0.4, -0.2) is 15.0 Å². The Balaban J connectivity index is 1.43. The second-order valence-electron chi connectivity index (χ2n) is 10.4. The molecule has 0 radical (unpaired) electrons. The van der Waals surface area contributed by atoms with Gasteiger partial charge in [0.15, 0.2) is 0 Å². The molecule has 4 nitrogen and oxygen atoms in total. The second-order valence-corrected chi connectivity index (χ2v) is 16.1. The molecule has 0 bridgehead atoms. The van der Waals surface area contributed by atoms with Crippen LogP contribution in [0.25, 0.3) is 0 Å². The third-order valence-electron chi connectivity index (χ3n) is 6.79. The molecule has 3 aromatic carbocycles. The minimum atomic E-state index is -3.92. The van der Waals surface area contributed by atoms with E-state index in [9.17, 15) is 8.42 Å². The molecule has 3 rings (SSSR count). The van der Waals surface area contributed by atoms with Crippen molar-refractivity contribution in [3.05, 3.63) is 93.6 Å². The van der Waals surface area contributed by atoms with Gasteiger partial charge in [0.05, 0.1) is 0 Å². The first kappa shape index (κ1) is 33.2. The average molecular weight is 689 g/mol. The van der Waals surface area contributed by atoms with Crippen molar-refractivity contribution < 1.29 is 15.7 Å². The molecular weight excluding hydrogens is 643 g/mol. The topological polar surface area (TPSA) is 52.6 Å². The Labute approximate surface area is 256 Å². The standard InChI is InChI=1S/C35H45IO4S/c1-3-4-5-6-7-8-9-10-11-12-13-17-30-39-34-24-22-32(23-25-34)28-29-36(33-18-15-14-16-19-33)40-41(37,38)35-26-20-31(2)21-27-35/h14-16,18-27H,3-13,17,30H2,1-2H3. The number of aryl methyl sites for hydroxylation is 1. The third-order valence-corrected chi connectivity index (χ3v) is 13.0. The van der Waals surface area contributed by atoms with Crippen molar-refractivity contribution >= 4 is 30.4 Å². The Hall–Kier alpha value is -2.34. The van der Waals surface area contributed by atoms with Gasteiger partial charge in [0.2, 0.25) is 0 Å². The van der Waals surface area contributed by atoms with Crippen molar-refractivity contribution in [2.75, 3.05) is 6.61 Å². The van der Waals surface area contributed by atoms with Crippen LogP contribution in [0.15, 0.2) is 83.8 Å². The number of hydrogen-bond acceptors (Lipinski definition) is 4. The molecule has 0 aliphatic heterocycles. The summed E-state index contributed by atoms with van der Waals surface area (Å²) in [7, 11) is -3.92. The molecule has 0 heterocycles. The first-order chi connectivity index (χ1) is 20.0. The fraction of sp³-hybridized carbons (Fsp3) is 0.429. The molecule has 222 valence electrons. The molecule has 0 unspecified atom stereocenters. The predicted molar refractivity (Wildman–Crippen MR) is 179 cm³/mol. The van der Waals surface area contributed by atoms with Crippen LogP contribution in [0.4, 0.5) is 0 Å². The van der Waals surface area contributed by atoms with E-state index in [0.29, 0.717) is 0 Å². The van der Waals surface area contributed by atoms with E-state index < -0.39 is 30.4 Å². The van der Waals surface area contributed by atoms with Gasteiger partial charge in [-0.1, -0.05) is 58.3 Å². The van der Waals surface area contributed by atoms with E-state index in [2.05, 4.69) is 16.8 Å². The Kier molecular flexibility index (Phi) is 15.3. The Bertz CT molecular complexity index is 1290. The zero-order chi connectivity index (χ0) is 29.2. The average Bonchev–Trinajstić information content (AvgIpc) is 2.99. The molecule has 6 heteroatoms. The number of unbranched alkanes of at least 4 members (excludes halogenated alkanes) is 11. The summed E-state index contributed by atoms with van der Waals surface area (Å²) in [5.74, 6) is 3.97. The van der Waals surface area contributed by atoms with Crippen LogP contribution in [0, 0.1) is 20.3 Å². The molecule has 0 aliphatic carbocycles. The molecule has 0 atom stereocenters. The summed E-state index contributed by atoms with van der Waals surface area (Å²) in [5.41, 5.74) is 1.79. The zero-order valence-electron chi connectivity index (χ0n) is 24.6. The van der Waals surface area contributed by atoms with Gasteiger partial charge in [-0.3, -0.25) is 0 Å². The van der Waals surface area contributed by atoms with Gasteiger partial charge in [0.25, 0.3) is 0 Å². The van der Waals surface area contributed by atoms with Crippen LogP contribution >= 0.6 is 20.2 Å². The van der Waals surface area contributed by atoms with Gasteiger partial charge < -0.3 is 0 Å². The minimum absolute atomic E-state index is 0.151. The van der Waals surface area contributed by atoms with Gasteiger partial charge in [-0.15, -0.1) is 0 Å². The van der Waals surface area contributed by atoms with E-state index >= 15 is 0 Å². The van der Waals surface area contributed by atoms with E-state index in [1.165, 1.54) is 70.6 Å². The van der Waals surface area contributed by atoms with Crippen LogP contribution < -0.4 is 4.74 Å². The van der Waals surface area contributed by atoms with Crippen molar-refractivity contribution in [2.45, 2.75) is 95.8 Å². The maximum absolute atomic E-state index is 13.0. The van der Waals surface area contributed by atoms with Gasteiger partial charge in [-0.2, -0.15) is 0 Å². The quantitative estimate of drug-likeness (QED) is 0.0759. The van der Waals surface area contributed by atoms with Crippen LogP contribution in [0.2, 0.25) is 0 Å². The van der Waals surface area contributed by atoms with Gasteiger partial charge in [0, 0.05) is 0 Å². The summed E-state index contributed by atoms with van der Waals surface area (Å²) < 4.78 is 41.7. The molecule has 41 heavy (non-hydrogen) atoms. The van der Waals surface area contributed by atoms with Crippen LogP contribution in [0.5, 0.6) is 5.75 Å². The summed E-state index contributed by atoms with van der Waals surface area (Å²) in [5, 5.41) is 0. The summed E-state index contributed by atoms with van der Waals surface area (Å²) in [4.78, 5) is 0.151. The van der Waals surface area contributed by atoms with Gasteiger partial charge in [0.1, 0.15) is 0 Å². The first-order valence-electron chi connectivity index (χ1n) is 15.0. The van der Waals surface area contributed by atoms with Crippen LogP contribution in [-0.2, 0) is 12.6 Å². The van der Waals surface area contributed by atoms with E-state index in [-0.39, 0.29) is 4.90 Å². The molecule has 0 spiro atoms. The zero-order valence-corrected chi connectivity index (χ0v) is 27.6. The molecular formula is C35H45IO4S. The van der Waals surface area contributed by atoms with Crippen molar-refractivity contribution in [3.63, 3.8) is 0 Å². The van der Waals surface area contributed by atoms with Gasteiger partial charge in [-0.25, -0.2) is 0 Å². The molecule has 0 aliphatic rings. The third kappa shape index (κ3) is 13.0. The fourth-order valence-corrected chi connectivity index (χ4v) is 10.0. The molecule has 0 N–H and O–H groups in total. The maximum atomic E-state index is 13.0. The van der Waals surface area contributed by atoms with E-state index in [1.807, 2.05) is 61.5 Å². The first-order valence-corrected chi connectivity index (χ1v) is 19.4. The summed E-state index contributed by atoms with van der Waals surface area (Å²) >= 11 is -2.82. The predicted octanol–water partition coefficient (Wildman–Crippen LogP) is 10.1. The molecule has 0 fully saturated rings. The van der Waals surface area contributed by atoms with Crippen molar-refractivity contribution in [1.29, 1.82) is 0 Å².